The molecule has 9 heteroatoms. The Labute approximate surface area is 206 Å². The van der Waals surface area contributed by atoms with E-state index in [1.807, 2.05) is 36.4 Å². The lowest BCUT2D eigenvalue weighted by Gasteiger charge is -2.28. The third-order valence-electron chi connectivity index (χ3n) is 5.49. The number of fused-ring (bicyclic) bond motifs is 1. The Bertz CT molecular complexity index is 1300. The maximum atomic E-state index is 13.3. The van der Waals surface area contributed by atoms with Gasteiger partial charge in [-0.15, -0.1) is 0 Å². The van der Waals surface area contributed by atoms with E-state index in [4.69, 9.17) is 21.1 Å². The minimum absolute atomic E-state index is 0.226. The van der Waals surface area contributed by atoms with Gasteiger partial charge in [-0.3, -0.25) is 4.79 Å². The number of methoxy groups -OCH3 is 1. The van der Waals surface area contributed by atoms with Crippen molar-refractivity contribution in [1.82, 2.24) is 9.97 Å². The first-order valence-corrected chi connectivity index (χ1v) is 12.1. The number of ether oxygens (including phenoxy) is 2. The van der Waals surface area contributed by atoms with Crippen LogP contribution < -0.4 is 15.6 Å². The maximum Gasteiger partial charge on any atom is 0.336 e. The third-order valence-corrected chi connectivity index (χ3v) is 6.78. The van der Waals surface area contributed by atoms with Crippen LogP contribution in [0.3, 0.4) is 0 Å². The summed E-state index contributed by atoms with van der Waals surface area (Å²) in [5.74, 6) is 0.522. The van der Waals surface area contributed by atoms with Gasteiger partial charge in [0.05, 0.1) is 30.8 Å². The number of nitrogens with one attached hydrogen (secondary N) is 2. The van der Waals surface area contributed by atoms with E-state index in [-0.39, 0.29) is 12.2 Å². The van der Waals surface area contributed by atoms with Gasteiger partial charge in [0.15, 0.2) is 5.16 Å². The number of esters is 1. The van der Waals surface area contributed by atoms with Crippen molar-refractivity contribution in [3.8, 4) is 5.75 Å². The van der Waals surface area contributed by atoms with E-state index in [1.165, 1.54) is 11.8 Å². The molecule has 0 spiro atoms. The minimum atomic E-state index is -0.639. The van der Waals surface area contributed by atoms with E-state index in [1.54, 1.807) is 33.1 Å². The second kappa shape index (κ2) is 10.4. The van der Waals surface area contributed by atoms with Gasteiger partial charge in [-0.2, -0.15) is 0 Å². The molecule has 1 unspecified atom stereocenters. The molecule has 4 rings (SSSR count). The highest BCUT2D eigenvalue weighted by molar-refractivity contribution is 7.98. The first-order chi connectivity index (χ1) is 16.4. The number of carbonyl (C=O) groups is 1. The summed E-state index contributed by atoms with van der Waals surface area (Å²) >= 11 is 7.64. The Morgan fingerprint density at radius 3 is 2.59 bits per heavy atom. The van der Waals surface area contributed by atoms with E-state index in [9.17, 15) is 9.59 Å². The fraction of sp³-hybridized carbons (Fsp3) is 0.240. The highest BCUT2D eigenvalue weighted by Crippen LogP contribution is 2.40. The van der Waals surface area contributed by atoms with Crippen LogP contribution in [0.5, 0.6) is 5.75 Å². The summed E-state index contributed by atoms with van der Waals surface area (Å²) in [5.41, 5.74) is 2.71. The minimum Gasteiger partial charge on any atom is -0.497 e. The van der Waals surface area contributed by atoms with Gasteiger partial charge >= 0.3 is 5.97 Å². The Balaban J connectivity index is 1.76. The highest BCUT2D eigenvalue weighted by atomic mass is 35.5. The molecule has 2 aromatic carbocycles. The van der Waals surface area contributed by atoms with Gasteiger partial charge in [0.2, 0.25) is 0 Å². The van der Waals surface area contributed by atoms with Crippen LogP contribution in [0.4, 0.5) is 5.82 Å². The lowest BCUT2D eigenvalue weighted by atomic mass is 9.82. The normalized spacial score (nSPS) is 14.9. The zero-order chi connectivity index (χ0) is 24.2. The monoisotopic (exact) mass is 497 g/mol. The summed E-state index contributed by atoms with van der Waals surface area (Å²) < 4.78 is 10.6. The van der Waals surface area contributed by atoms with Gasteiger partial charge in [-0.05, 0) is 43.2 Å². The van der Waals surface area contributed by atoms with Crippen molar-refractivity contribution in [2.24, 2.45) is 0 Å². The fourth-order valence-electron chi connectivity index (χ4n) is 3.87. The highest BCUT2D eigenvalue weighted by Gasteiger charge is 2.36. The molecule has 176 valence electrons. The molecule has 2 heterocycles. The number of aromatic nitrogens is 2. The smallest absolute Gasteiger partial charge is 0.336 e. The molecule has 2 N–H and O–H groups in total. The number of H-pyrrole nitrogens is 1. The molecule has 1 aliphatic heterocycles. The van der Waals surface area contributed by atoms with Crippen LogP contribution in [0.15, 0.2) is 69.8 Å². The lowest BCUT2D eigenvalue weighted by molar-refractivity contribution is -0.138. The standard InChI is InChI=1S/C25H24ClN3O4S/c1-4-33-24(31)19-14(2)27-22-21(20(19)15-9-11-17(32-3)12-10-15)23(30)29-25(28-22)34-13-16-7-5-6-8-18(16)26/h5-12,20H,4,13H2,1-3H3,(H2,27,28,29,30). The van der Waals surface area contributed by atoms with Crippen LogP contribution in [-0.2, 0) is 15.3 Å². The Morgan fingerprint density at radius 2 is 1.91 bits per heavy atom. The van der Waals surface area contributed by atoms with E-state index in [0.717, 1.165) is 11.1 Å². The molecule has 1 aromatic heterocycles. The predicted molar refractivity (Wildman–Crippen MR) is 134 cm³/mol. The van der Waals surface area contributed by atoms with Crippen LogP contribution in [0.2, 0.25) is 5.02 Å². The van der Waals surface area contributed by atoms with Gasteiger partial charge in [-0.1, -0.05) is 53.7 Å². The van der Waals surface area contributed by atoms with Crippen LogP contribution in [0, 0.1) is 0 Å². The molecule has 0 bridgehead atoms. The van der Waals surface area contributed by atoms with Crippen LogP contribution in [0.25, 0.3) is 0 Å². The molecule has 34 heavy (non-hydrogen) atoms. The second-order valence-corrected chi connectivity index (χ2v) is 8.98. The zero-order valence-electron chi connectivity index (χ0n) is 19.0. The summed E-state index contributed by atoms with van der Waals surface area (Å²) in [7, 11) is 1.58. The van der Waals surface area contributed by atoms with Crippen LogP contribution in [-0.4, -0.2) is 29.7 Å². The molecule has 0 saturated carbocycles. The molecule has 7 nitrogen and oxygen atoms in total. The number of anilines is 1. The molecule has 0 radical (unpaired) electrons. The Morgan fingerprint density at radius 1 is 1.18 bits per heavy atom. The molecule has 3 aromatic rings. The molecule has 0 saturated heterocycles. The van der Waals surface area contributed by atoms with Gasteiger partial charge in [-0.25, -0.2) is 9.78 Å². The number of rotatable bonds is 7. The third kappa shape index (κ3) is 4.83. The number of benzene rings is 2. The van der Waals surface area contributed by atoms with Gasteiger partial charge in [0.1, 0.15) is 11.6 Å². The number of thioether (sulfide) groups is 1. The van der Waals surface area contributed by atoms with Crippen molar-refractivity contribution in [2.75, 3.05) is 19.0 Å². The van der Waals surface area contributed by atoms with Crippen molar-refractivity contribution < 1.29 is 14.3 Å². The number of carbonyl (C=O) groups excluding carboxylic acids is 1. The van der Waals surface area contributed by atoms with Crippen molar-refractivity contribution in [3.63, 3.8) is 0 Å². The van der Waals surface area contributed by atoms with E-state index < -0.39 is 11.9 Å². The zero-order valence-corrected chi connectivity index (χ0v) is 20.5. The molecular formula is C25H24ClN3O4S. The number of aromatic amines is 1. The predicted octanol–water partition coefficient (Wildman–Crippen LogP) is 5.12. The van der Waals surface area contributed by atoms with E-state index in [0.29, 0.717) is 44.3 Å². The average Bonchev–Trinajstić information content (AvgIpc) is 2.83. The molecule has 0 amide bonds. The Kier molecular flexibility index (Phi) is 7.29. The van der Waals surface area contributed by atoms with Crippen molar-refractivity contribution in [2.45, 2.75) is 30.7 Å². The fourth-order valence-corrected chi connectivity index (χ4v) is 5.02. The van der Waals surface area contributed by atoms with Gasteiger partial charge in [0.25, 0.3) is 5.56 Å². The Hall–Kier alpha value is -3.23. The second-order valence-electron chi connectivity index (χ2n) is 7.60. The average molecular weight is 498 g/mol. The lowest BCUT2D eigenvalue weighted by Crippen LogP contribution is -2.31. The number of allylic oxidation sites excluding steroid dienone is 1. The van der Waals surface area contributed by atoms with Crippen molar-refractivity contribution in [1.29, 1.82) is 0 Å². The topological polar surface area (TPSA) is 93.3 Å². The molecule has 0 aliphatic carbocycles. The van der Waals surface area contributed by atoms with Gasteiger partial charge < -0.3 is 19.8 Å². The summed E-state index contributed by atoms with van der Waals surface area (Å²) in [6.45, 7) is 3.76. The SMILES string of the molecule is CCOC(=O)C1=C(C)Nc2nc(SCc3ccccc3Cl)[nH]c(=O)c2C1c1ccc(OC)cc1. The largest absolute Gasteiger partial charge is 0.497 e. The molecule has 0 fully saturated rings. The summed E-state index contributed by atoms with van der Waals surface area (Å²) in [5, 5.41) is 4.26. The summed E-state index contributed by atoms with van der Waals surface area (Å²) in [6, 6.07) is 14.8. The van der Waals surface area contributed by atoms with Crippen molar-refractivity contribution in [3.05, 3.63) is 91.9 Å². The first kappa shape index (κ1) is 23.9. The molecule has 1 aliphatic rings. The number of halogens is 1. The summed E-state index contributed by atoms with van der Waals surface area (Å²) in [6.07, 6.45) is 0. The van der Waals surface area contributed by atoms with E-state index in [2.05, 4.69) is 15.3 Å². The molecular weight excluding hydrogens is 474 g/mol. The van der Waals surface area contributed by atoms with E-state index >= 15 is 0 Å². The van der Waals surface area contributed by atoms with Crippen molar-refractivity contribution >= 4 is 35.1 Å². The van der Waals surface area contributed by atoms with Crippen LogP contribution in [0.1, 0.15) is 36.5 Å². The number of hydrogen-bond donors (Lipinski definition) is 2. The first-order valence-electron chi connectivity index (χ1n) is 10.7. The van der Waals surface area contributed by atoms with Crippen LogP contribution >= 0.6 is 23.4 Å². The number of nitrogens with zero attached hydrogens (tertiary/aromatic N) is 1. The number of hydrogen-bond acceptors (Lipinski definition) is 7. The molecule has 1 atom stereocenters. The van der Waals surface area contributed by atoms with Gasteiger partial charge in [0, 0.05) is 16.5 Å². The maximum absolute atomic E-state index is 13.3. The quantitative estimate of drug-likeness (QED) is 0.266. The summed E-state index contributed by atoms with van der Waals surface area (Å²) in [4.78, 5) is 33.8.